The van der Waals surface area contributed by atoms with Crippen LogP contribution in [-0.4, -0.2) is 35.1 Å². The number of benzene rings is 1. The van der Waals surface area contributed by atoms with Crippen molar-refractivity contribution in [2.24, 2.45) is 0 Å². The average Bonchev–Trinajstić information content (AvgIpc) is 2.56. The standard InChI is InChI=1S/C15H14ClN3O6/c1-24-11-3-2-9(16)6-10(11)17-13(21)8-25-14(22)7-19-5-4-12(20)18-15(19)23/h2-6H,7-8H2,1H3,(H,17,21)(H,18,20,23). The molecule has 1 amide bonds. The predicted molar refractivity (Wildman–Crippen MR) is 88.9 cm³/mol. The number of nitrogens with zero attached hydrogens (tertiary/aromatic N) is 1. The van der Waals surface area contributed by atoms with Crippen LogP contribution in [-0.2, 0) is 20.9 Å². The molecular formula is C15H14ClN3O6. The van der Waals surface area contributed by atoms with E-state index in [-0.39, 0.29) is 0 Å². The molecule has 0 unspecified atom stereocenters. The Morgan fingerprint density at radius 3 is 2.72 bits per heavy atom. The zero-order valence-electron chi connectivity index (χ0n) is 13.1. The van der Waals surface area contributed by atoms with Gasteiger partial charge in [0, 0.05) is 17.3 Å². The third-order valence-corrected chi connectivity index (χ3v) is 3.23. The first kappa shape index (κ1) is 18.3. The van der Waals surface area contributed by atoms with Crippen LogP contribution in [0.5, 0.6) is 5.75 Å². The molecule has 9 nitrogen and oxygen atoms in total. The topological polar surface area (TPSA) is 119 Å². The molecule has 1 aromatic heterocycles. The van der Waals surface area contributed by atoms with Crippen molar-refractivity contribution in [1.29, 1.82) is 0 Å². The fraction of sp³-hybridized carbons (Fsp3) is 0.200. The average molecular weight is 368 g/mol. The second-order valence-electron chi connectivity index (χ2n) is 4.79. The van der Waals surface area contributed by atoms with Gasteiger partial charge in [-0.3, -0.25) is 23.9 Å². The van der Waals surface area contributed by atoms with Crippen LogP contribution >= 0.6 is 11.6 Å². The summed E-state index contributed by atoms with van der Waals surface area (Å²) in [6.45, 7) is -1.00. The normalized spacial score (nSPS) is 10.2. The van der Waals surface area contributed by atoms with Gasteiger partial charge in [0.1, 0.15) is 12.3 Å². The van der Waals surface area contributed by atoms with Gasteiger partial charge in [-0.15, -0.1) is 0 Å². The predicted octanol–water partition coefficient (Wildman–Crippen LogP) is 0.380. The minimum atomic E-state index is -0.817. The summed E-state index contributed by atoms with van der Waals surface area (Å²) in [4.78, 5) is 47.9. The Morgan fingerprint density at radius 1 is 1.28 bits per heavy atom. The Hall–Kier alpha value is -3.07. The summed E-state index contributed by atoms with van der Waals surface area (Å²) in [6.07, 6.45) is 1.15. The number of hydrogen-bond donors (Lipinski definition) is 2. The van der Waals surface area contributed by atoms with Crippen molar-refractivity contribution in [3.8, 4) is 5.75 Å². The van der Waals surface area contributed by atoms with Gasteiger partial charge in [0.15, 0.2) is 6.61 Å². The molecule has 2 aromatic rings. The van der Waals surface area contributed by atoms with Gasteiger partial charge in [0.05, 0.1) is 12.8 Å². The quantitative estimate of drug-likeness (QED) is 0.712. The molecule has 1 heterocycles. The highest BCUT2D eigenvalue weighted by Gasteiger charge is 2.12. The van der Waals surface area contributed by atoms with Gasteiger partial charge in [0.25, 0.3) is 11.5 Å². The monoisotopic (exact) mass is 367 g/mol. The fourth-order valence-corrected chi connectivity index (χ4v) is 2.04. The third-order valence-electron chi connectivity index (χ3n) is 3.00. The lowest BCUT2D eigenvalue weighted by Gasteiger charge is -2.11. The van der Waals surface area contributed by atoms with E-state index in [0.717, 1.165) is 16.8 Å². The van der Waals surface area contributed by atoms with Crippen LogP contribution in [0.3, 0.4) is 0 Å². The maximum absolute atomic E-state index is 11.9. The number of esters is 1. The Kier molecular flexibility index (Phi) is 5.96. The number of rotatable bonds is 6. The number of carbonyl (C=O) groups excluding carboxylic acids is 2. The van der Waals surface area contributed by atoms with E-state index in [1.807, 2.05) is 4.98 Å². The Labute approximate surface area is 146 Å². The van der Waals surface area contributed by atoms with Gasteiger partial charge in [-0.25, -0.2) is 4.79 Å². The highest BCUT2D eigenvalue weighted by atomic mass is 35.5. The summed E-state index contributed by atoms with van der Waals surface area (Å²) in [6, 6.07) is 5.75. The maximum atomic E-state index is 11.9. The lowest BCUT2D eigenvalue weighted by atomic mass is 10.3. The molecule has 0 atom stereocenters. The van der Waals surface area contributed by atoms with Crippen LogP contribution < -0.4 is 21.3 Å². The first-order valence-corrected chi connectivity index (χ1v) is 7.35. The number of methoxy groups -OCH3 is 1. The largest absolute Gasteiger partial charge is 0.495 e. The number of halogens is 1. The molecule has 2 N–H and O–H groups in total. The molecule has 0 saturated heterocycles. The van der Waals surface area contributed by atoms with Crippen molar-refractivity contribution < 1.29 is 19.1 Å². The molecule has 0 aliphatic carbocycles. The Bertz CT molecular complexity index is 905. The number of aromatic nitrogens is 2. The molecule has 0 aliphatic heterocycles. The Balaban J connectivity index is 1.91. The van der Waals surface area contributed by atoms with E-state index in [2.05, 4.69) is 5.32 Å². The van der Waals surface area contributed by atoms with Gasteiger partial charge in [0.2, 0.25) is 0 Å². The molecule has 0 fully saturated rings. The highest BCUT2D eigenvalue weighted by molar-refractivity contribution is 6.31. The Morgan fingerprint density at radius 2 is 2.04 bits per heavy atom. The van der Waals surface area contributed by atoms with E-state index in [1.54, 1.807) is 12.1 Å². The summed E-state index contributed by atoms with van der Waals surface area (Å²) >= 11 is 5.85. The first-order chi connectivity index (χ1) is 11.9. The fourth-order valence-electron chi connectivity index (χ4n) is 1.86. The summed E-state index contributed by atoms with van der Waals surface area (Å²) in [5, 5.41) is 2.89. The second kappa shape index (κ2) is 8.15. The zero-order chi connectivity index (χ0) is 18.4. The van der Waals surface area contributed by atoms with Crippen LogP contribution in [0.1, 0.15) is 0 Å². The highest BCUT2D eigenvalue weighted by Crippen LogP contribution is 2.27. The summed E-state index contributed by atoms with van der Waals surface area (Å²) in [5.41, 5.74) is -1.00. The molecule has 1 aromatic carbocycles. The SMILES string of the molecule is COc1ccc(Cl)cc1NC(=O)COC(=O)Cn1ccc(=O)[nH]c1=O. The van der Waals surface area contributed by atoms with Gasteiger partial charge in [-0.2, -0.15) is 0 Å². The molecule has 0 saturated carbocycles. The van der Waals surface area contributed by atoms with Gasteiger partial charge < -0.3 is 14.8 Å². The number of hydrogen-bond acceptors (Lipinski definition) is 6. The van der Waals surface area contributed by atoms with Gasteiger partial charge in [-0.05, 0) is 18.2 Å². The molecule has 0 aliphatic rings. The minimum Gasteiger partial charge on any atom is -0.495 e. The lowest BCUT2D eigenvalue weighted by Crippen LogP contribution is -2.32. The number of aromatic amines is 1. The molecule has 0 spiro atoms. The van der Waals surface area contributed by atoms with Crippen molar-refractivity contribution >= 4 is 29.2 Å². The molecular weight excluding hydrogens is 354 g/mol. The molecule has 10 heteroatoms. The van der Waals surface area contributed by atoms with Crippen molar-refractivity contribution in [3.63, 3.8) is 0 Å². The van der Waals surface area contributed by atoms with Crippen molar-refractivity contribution in [2.45, 2.75) is 6.54 Å². The third kappa shape index (κ3) is 5.21. The first-order valence-electron chi connectivity index (χ1n) is 6.98. The molecule has 0 radical (unpaired) electrons. The number of H-pyrrole nitrogens is 1. The van der Waals surface area contributed by atoms with Crippen molar-refractivity contribution in [2.75, 3.05) is 19.0 Å². The van der Waals surface area contributed by atoms with Crippen molar-refractivity contribution in [3.05, 3.63) is 56.3 Å². The lowest BCUT2D eigenvalue weighted by molar-refractivity contribution is -0.148. The second-order valence-corrected chi connectivity index (χ2v) is 5.23. The van der Waals surface area contributed by atoms with E-state index in [1.165, 1.54) is 13.2 Å². The van der Waals surface area contributed by atoms with Crippen LogP contribution in [0.15, 0.2) is 40.1 Å². The number of anilines is 1. The molecule has 2 rings (SSSR count). The molecule has 132 valence electrons. The van der Waals surface area contributed by atoms with Crippen molar-refractivity contribution in [1.82, 2.24) is 9.55 Å². The zero-order valence-corrected chi connectivity index (χ0v) is 13.8. The van der Waals surface area contributed by atoms with E-state index >= 15 is 0 Å². The summed E-state index contributed by atoms with van der Waals surface area (Å²) in [5.74, 6) is -1.03. The van der Waals surface area contributed by atoms with Crippen LogP contribution in [0.25, 0.3) is 0 Å². The molecule has 0 bridgehead atoms. The number of carbonyl (C=O) groups is 2. The van der Waals surface area contributed by atoms with Gasteiger partial charge >= 0.3 is 11.7 Å². The number of amides is 1. The maximum Gasteiger partial charge on any atom is 0.328 e. The number of ether oxygens (including phenoxy) is 2. The van der Waals surface area contributed by atoms with Gasteiger partial charge in [-0.1, -0.05) is 11.6 Å². The van der Waals surface area contributed by atoms with E-state index in [0.29, 0.717) is 16.5 Å². The van der Waals surface area contributed by atoms with Crippen LogP contribution in [0.4, 0.5) is 5.69 Å². The summed E-state index contributed by atoms with van der Waals surface area (Å²) < 4.78 is 10.8. The van der Waals surface area contributed by atoms with E-state index in [4.69, 9.17) is 21.1 Å². The number of nitrogens with one attached hydrogen (secondary N) is 2. The smallest absolute Gasteiger partial charge is 0.328 e. The van der Waals surface area contributed by atoms with Crippen LogP contribution in [0, 0.1) is 0 Å². The minimum absolute atomic E-state index is 0.327. The van der Waals surface area contributed by atoms with E-state index < -0.39 is 36.3 Å². The van der Waals surface area contributed by atoms with E-state index in [9.17, 15) is 19.2 Å². The summed E-state index contributed by atoms with van der Waals surface area (Å²) in [7, 11) is 1.43. The molecule has 25 heavy (non-hydrogen) atoms. The van der Waals surface area contributed by atoms with Crippen LogP contribution in [0.2, 0.25) is 5.02 Å².